The topological polar surface area (TPSA) is 47.0 Å². The molecule has 2 saturated heterocycles. The highest BCUT2D eigenvalue weighted by Gasteiger charge is 2.43. The summed E-state index contributed by atoms with van der Waals surface area (Å²) < 4.78 is 0. The van der Waals surface area contributed by atoms with Crippen molar-refractivity contribution in [3.63, 3.8) is 0 Å². The molecule has 0 spiro atoms. The molecule has 0 amide bonds. The Morgan fingerprint density at radius 3 is 2.37 bits per heavy atom. The van der Waals surface area contributed by atoms with Crippen molar-refractivity contribution in [3.05, 3.63) is 0 Å². The number of likely N-dealkylation sites (N-methyl/N-ethyl adjacent to an activating group) is 1. The first kappa shape index (κ1) is 14.8. The van der Waals surface area contributed by atoms with Crippen molar-refractivity contribution in [1.29, 1.82) is 0 Å². The highest BCUT2D eigenvalue weighted by atomic mass is 16.4. The molecule has 2 atom stereocenters. The number of hydrogen-bond acceptors (Lipinski definition) is 4. The van der Waals surface area contributed by atoms with E-state index in [4.69, 9.17) is 0 Å². The van der Waals surface area contributed by atoms with Crippen LogP contribution in [0.3, 0.4) is 0 Å². The minimum atomic E-state index is -0.657. The van der Waals surface area contributed by atoms with Crippen molar-refractivity contribution >= 4 is 5.97 Å². The Balaban J connectivity index is 2.13. The minimum Gasteiger partial charge on any atom is -0.481 e. The standard InChI is InChI=1S/C14H27N3O2/c1-12-10-14(11-13(18)19,4-5-16(12)3)17-8-6-15(2)7-9-17/h12H,4-11H2,1-3H3,(H,18,19). The lowest BCUT2D eigenvalue weighted by Crippen LogP contribution is -2.62. The zero-order chi connectivity index (χ0) is 14.0. The van der Waals surface area contributed by atoms with E-state index in [1.165, 1.54) is 0 Å². The lowest BCUT2D eigenvalue weighted by Gasteiger charge is -2.52. The van der Waals surface area contributed by atoms with Gasteiger partial charge in [-0.15, -0.1) is 0 Å². The van der Waals surface area contributed by atoms with Crippen LogP contribution in [0, 0.1) is 0 Å². The van der Waals surface area contributed by atoms with Crippen LogP contribution in [0.25, 0.3) is 0 Å². The molecular formula is C14H27N3O2. The van der Waals surface area contributed by atoms with Crippen LogP contribution < -0.4 is 0 Å². The van der Waals surface area contributed by atoms with Gasteiger partial charge in [-0.3, -0.25) is 9.69 Å². The lowest BCUT2D eigenvalue weighted by atomic mass is 9.79. The highest BCUT2D eigenvalue weighted by molar-refractivity contribution is 5.68. The molecule has 0 aromatic carbocycles. The second kappa shape index (κ2) is 5.77. The molecule has 5 nitrogen and oxygen atoms in total. The number of piperidine rings is 1. The van der Waals surface area contributed by atoms with Crippen LogP contribution in [0.5, 0.6) is 0 Å². The molecule has 0 aromatic rings. The molecular weight excluding hydrogens is 242 g/mol. The number of aliphatic carboxylic acids is 1. The molecule has 2 aliphatic rings. The molecule has 0 bridgehead atoms. The predicted octanol–water partition coefficient (Wildman–Crippen LogP) is 0.561. The van der Waals surface area contributed by atoms with Crippen LogP contribution in [-0.2, 0) is 4.79 Å². The first-order chi connectivity index (χ1) is 8.93. The number of nitrogens with zero attached hydrogens (tertiary/aromatic N) is 3. The van der Waals surface area contributed by atoms with Gasteiger partial charge in [0.05, 0.1) is 6.42 Å². The molecule has 2 aliphatic heterocycles. The summed E-state index contributed by atoms with van der Waals surface area (Å²) in [5.41, 5.74) is -0.126. The van der Waals surface area contributed by atoms with Gasteiger partial charge in [0.2, 0.25) is 0 Å². The summed E-state index contributed by atoms with van der Waals surface area (Å²) >= 11 is 0. The number of carboxylic acids is 1. The molecule has 1 N–H and O–H groups in total. The third-order valence-corrected chi connectivity index (χ3v) is 5.01. The molecule has 19 heavy (non-hydrogen) atoms. The van der Waals surface area contributed by atoms with E-state index in [9.17, 15) is 9.90 Å². The summed E-state index contributed by atoms with van der Waals surface area (Å²) in [6, 6.07) is 0.466. The molecule has 2 fully saturated rings. The average molecular weight is 269 g/mol. The van der Waals surface area contributed by atoms with Gasteiger partial charge in [-0.05, 0) is 40.4 Å². The zero-order valence-electron chi connectivity index (χ0n) is 12.4. The number of carbonyl (C=O) groups is 1. The van der Waals surface area contributed by atoms with Crippen molar-refractivity contribution in [3.8, 4) is 0 Å². The van der Waals surface area contributed by atoms with Gasteiger partial charge >= 0.3 is 5.97 Å². The molecule has 2 heterocycles. The van der Waals surface area contributed by atoms with Crippen molar-refractivity contribution in [2.24, 2.45) is 0 Å². The Bertz CT molecular complexity index is 329. The number of piperazine rings is 1. The Labute approximate surface area is 116 Å². The van der Waals surface area contributed by atoms with Crippen LogP contribution in [0.4, 0.5) is 0 Å². The third-order valence-electron chi connectivity index (χ3n) is 5.01. The van der Waals surface area contributed by atoms with E-state index in [0.717, 1.165) is 45.6 Å². The number of rotatable bonds is 3. The largest absolute Gasteiger partial charge is 0.481 e. The molecule has 0 aliphatic carbocycles. The van der Waals surface area contributed by atoms with Crippen LogP contribution in [-0.4, -0.2) is 84.2 Å². The van der Waals surface area contributed by atoms with Gasteiger partial charge in [-0.25, -0.2) is 0 Å². The first-order valence-electron chi connectivity index (χ1n) is 7.28. The Morgan fingerprint density at radius 2 is 1.84 bits per heavy atom. The second-order valence-corrected chi connectivity index (χ2v) is 6.37. The maximum absolute atomic E-state index is 11.3. The number of likely N-dealkylation sites (tertiary alicyclic amines) is 1. The van der Waals surface area contributed by atoms with Crippen molar-refractivity contribution in [1.82, 2.24) is 14.7 Å². The maximum Gasteiger partial charge on any atom is 0.305 e. The van der Waals surface area contributed by atoms with E-state index in [0.29, 0.717) is 6.04 Å². The fourth-order valence-electron chi connectivity index (χ4n) is 3.53. The van der Waals surface area contributed by atoms with Gasteiger partial charge < -0.3 is 14.9 Å². The van der Waals surface area contributed by atoms with Gasteiger partial charge in [-0.1, -0.05) is 0 Å². The molecule has 2 unspecified atom stereocenters. The SMILES string of the molecule is CC1CC(CC(=O)O)(N2CCN(C)CC2)CCN1C. The minimum absolute atomic E-state index is 0.126. The lowest BCUT2D eigenvalue weighted by molar-refractivity contribution is -0.142. The Hall–Kier alpha value is -0.650. The van der Waals surface area contributed by atoms with E-state index < -0.39 is 5.97 Å². The van der Waals surface area contributed by atoms with Crippen molar-refractivity contribution in [2.45, 2.75) is 37.8 Å². The van der Waals surface area contributed by atoms with Crippen LogP contribution in [0.1, 0.15) is 26.2 Å². The van der Waals surface area contributed by atoms with E-state index in [1.54, 1.807) is 0 Å². The summed E-state index contributed by atoms with van der Waals surface area (Å²) in [6.45, 7) is 7.31. The summed E-state index contributed by atoms with van der Waals surface area (Å²) in [5, 5.41) is 9.32. The predicted molar refractivity (Wildman–Crippen MR) is 75.4 cm³/mol. The zero-order valence-corrected chi connectivity index (χ0v) is 12.4. The molecule has 110 valence electrons. The average Bonchev–Trinajstić information content (AvgIpc) is 2.34. The van der Waals surface area contributed by atoms with Gasteiger partial charge in [0.15, 0.2) is 0 Å². The smallest absolute Gasteiger partial charge is 0.305 e. The molecule has 0 aromatic heterocycles. The first-order valence-corrected chi connectivity index (χ1v) is 7.28. The summed E-state index contributed by atoms with van der Waals surface area (Å²) in [4.78, 5) is 18.4. The van der Waals surface area contributed by atoms with Crippen molar-refractivity contribution in [2.75, 3.05) is 46.8 Å². The Morgan fingerprint density at radius 1 is 1.21 bits per heavy atom. The molecule has 0 radical (unpaired) electrons. The van der Waals surface area contributed by atoms with E-state index in [-0.39, 0.29) is 12.0 Å². The van der Waals surface area contributed by atoms with Gasteiger partial charge in [0.25, 0.3) is 0 Å². The molecule has 5 heteroatoms. The quantitative estimate of drug-likeness (QED) is 0.811. The fourth-order valence-corrected chi connectivity index (χ4v) is 3.53. The van der Waals surface area contributed by atoms with Gasteiger partial charge in [0, 0.05) is 37.8 Å². The third kappa shape index (κ3) is 3.27. The van der Waals surface area contributed by atoms with E-state index in [2.05, 4.69) is 35.7 Å². The monoisotopic (exact) mass is 269 g/mol. The molecule has 2 rings (SSSR count). The van der Waals surface area contributed by atoms with Crippen LogP contribution >= 0.6 is 0 Å². The Kier molecular flexibility index (Phi) is 4.48. The van der Waals surface area contributed by atoms with E-state index >= 15 is 0 Å². The van der Waals surface area contributed by atoms with Crippen LogP contribution in [0.2, 0.25) is 0 Å². The number of carboxylic acid groups (broad SMARTS) is 1. The second-order valence-electron chi connectivity index (χ2n) is 6.37. The van der Waals surface area contributed by atoms with Gasteiger partial charge in [0.1, 0.15) is 0 Å². The van der Waals surface area contributed by atoms with E-state index in [1.807, 2.05) is 0 Å². The normalized spacial score (nSPS) is 35.4. The molecule has 0 saturated carbocycles. The van der Waals surface area contributed by atoms with Gasteiger partial charge in [-0.2, -0.15) is 0 Å². The van der Waals surface area contributed by atoms with Crippen molar-refractivity contribution < 1.29 is 9.90 Å². The summed E-state index contributed by atoms with van der Waals surface area (Å²) in [5.74, 6) is -0.657. The maximum atomic E-state index is 11.3. The number of hydrogen-bond donors (Lipinski definition) is 1. The highest BCUT2D eigenvalue weighted by Crippen LogP contribution is 2.35. The fraction of sp³-hybridized carbons (Fsp3) is 0.929. The summed E-state index contributed by atoms with van der Waals surface area (Å²) in [7, 11) is 4.28. The summed E-state index contributed by atoms with van der Waals surface area (Å²) in [6.07, 6.45) is 2.23. The van der Waals surface area contributed by atoms with Crippen LogP contribution in [0.15, 0.2) is 0 Å².